The van der Waals surface area contributed by atoms with Crippen molar-refractivity contribution in [3.63, 3.8) is 0 Å². The number of nitrogens with one attached hydrogen (secondary N) is 2. The highest BCUT2D eigenvalue weighted by Crippen LogP contribution is 2.28. The van der Waals surface area contributed by atoms with Gasteiger partial charge < -0.3 is 19.7 Å². The average molecular weight is 563 g/mol. The van der Waals surface area contributed by atoms with Crippen molar-refractivity contribution in [1.29, 1.82) is 0 Å². The van der Waals surface area contributed by atoms with E-state index in [-0.39, 0.29) is 23.5 Å². The highest BCUT2D eigenvalue weighted by molar-refractivity contribution is 7.17. The molecule has 3 fully saturated rings. The zero-order valence-electron chi connectivity index (χ0n) is 21.9. The number of aromatic amines is 2. The number of fused-ring (bicyclic) bond motifs is 1. The third kappa shape index (κ3) is 5.07. The molecule has 2 saturated heterocycles. The van der Waals surface area contributed by atoms with Crippen LogP contribution >= 0.6 is 11.3 Å². The van der Waals surface area contributed by atoms with Crippen LogP contribution < -0.4 is 16.4 Å². The number of hydrogen-bond donors (Lipinski definition) is 3. The number of aromatic hydroxyl groups is 1. The molecule has 1 saturated carbocycles. The zero-order valence-corrected chi connectivity index (χ0v) is 22.7. The Bertz CT molecular complexity index is 1740. The maximum Gasteiger partial charge on any atom is 0.326 e. The van der Waals surface area contributed by atoms with Gasteiger partial charge in [-0.1, -0.05) is 0 Å². The Hall–Kier alpha value is -3.81. The highest BCUT2D eigenvalue weighted by Gasteiger charge is 2.26. The molecule has 0 bridgehead atoms. The first-order valence-corrected chi connectivity index (χ1v) is 14.5. The summed E-state index contributed by atoms with van der Waals surface area (Å²) in [6, 6.07) is 5.97. The van der Waals surface area contributed by atoms with Gasteiger partial charge >= 0.3 is 5.69 Å². The molecule has 2 aliphatic heterocycles. The lowest BCUT2D eigenvalue weighted by molar-refractivity contribution is 0.0435. The summed E-state index contributed by atoms with van der Waals surface area (Å²) in [5.41, 5.74) is 1.66. The summed E-state index contributed by atoms with van der Waals surface area (Å²) in [6.45, 7) is 4.93. The number of H-pyrrole nitrogens is 2. The first-order chi connectivity index (χ1) is 19.5. The van der Waals surface area contributed by atoms with Gasteiger partial charge in [-0.15, -0.1) is 11.3 Å². The largest absolute Gasteiger partial charge is 0.493 e. The number of rotatable bonds is 6. The molecule has 6 heterocycles. The van der Waals surface area contributed by atoms with Gasteiger partial charge in [-0.3, -0.25) is 19.7 Å². The molecule has 12 nitrogen and oxygen atoms in total. The fraction of sp³-hybridized carbons (Fsp3) is 0.444. The Morgan fingerprint density at radius 3 is 2.77 bits per heavy atom. The van der Waals surface area contributed by atoms with Crippen LogP contribution in [0.2, 0.25) is 0 Å². The number of carbonyl (C=O) groups is 1. The fourth-order valence-corrected chi connectivity index (χ4v) is 6.21. The lowest BCUT2D eigenvalue weighted by atomic mass is 10.2. The summed E-state index contributed by atoms with van der Waals surface area (Å²) in [5.74, 6) is -0.209. The molecule has 4 aromatic heterocycles. The maximum atomic E-state index is 13.4. The quantitative estimate of drug-likeness (QED) is 0.314. The van der Waals surface area contributed by atoms with Crippen molar-refractivity contribution in [3.05, 3.63) is 56.2 Å². The van der Waals surface area contributed by atoms with Gasteiger partial charge in [0, 0.05) is 50.6 Å². The van der Waals surface area contributed by atoms with Crippen molar-refractivity contribution in [2.45, 2.75) is 37.8 Å². The van der Waals surface area contributed by atoms with Gasteiger partial charge in [0.2, 0.25) is 5.88 Å². The van der Waals surface area contributed by atoms with E-state index in [4.69, 9.17) is 14.7 Å². The Morgan fingerprint density at radius 2 is 2.05 bits per heavy atom. The number of nitrogens with zero attached hydrogens (tertiary/aromatic N) is 6. The van der Waals surface area contributed by atoms with Crippen molar-refractivity contribution in [2.75, 3.05) is 39.3 Å². The molecule has 4 aromatic rings. The topological polar surface area (TPSA) is 144 Å². The molecule has 1 aliphatic carbocycles. The minimum atomic E-state index is -0.502. The Labute approximate surface area is 232 Å². The molecular formula is C27H30N8O4S. The lowest BCUT2D eigenvalue weighted by Crippen LogP contribution is -2.50. The van der Waals surface area contributed by atoms with E-state index in [2.05, 4.69) is 20.0 Å². The van der Waals surface area contributed by atoms with Gasteiger partial charge in [-0.25, -0.2) is 9.78 Å². The van der Waals surface area contributed by atoms with Crippen LogP contribution in [0.3, 0.4) is 0 Å². The summed E-state index contributed by atoms with van der Waals surface area (Å²) in [5, 5.41) is 15.1. The molecule has 7 rings (SSSR count). The molecule has 0 aromatic carbocycles. The molecule has 1 amide bonds. The van der Waals surface area contributed by atoms with Crippen LogP contribution in [0.4, 0.5) is 0 Å². The number of aromatic nitrogens is 5. The van der Waals surface area contributed by atoms with Crippen molar-refractivity contribution in [3.8, 4) is 16.5 Å². The average Bonchev–Trinajstić information content (AvgIpc) is 3.34. The first-order valence-electron chi connectivity index (χ1n) is 13.7. The molecule has 13 heteroatoms. The zero-order chi connectivity index (χ0) is 27.2. The summed E-state index contributed by atoms with van der Waals surface area (Å²) >= 11 is 1.42. The van der Waals surface area contributed by atoms with E-state index in [1.54, 1.807) is 16.8 Å². The molecule has 0 radical (unpaired) electrons. The van der Waals surface area contributed by atoms with Crippen molar-refractivity contribution >= 4 is 29.0 Å². The van der Waals surface area contributed by atoms with E-state index in [1.165, 1.54) is 11.3 Å². The van der Waals surface area contributed by atoms with Gasteiger partial charge in [-0.2, -0.15) is 9.61 Å². The standard InChI is InChI=1S/C27H30N8O4S/c36-25-20(31-27(38)32-25)12-16-14-28-35-23(29-17-3-4-17)13-19(30-24(16)35)21-5-6-22(40-21)26(37)34-9-7-33(8-10-34)15-18-2-1-11-39-18/h5-6,12-14,17-18,36H,1-4,7-11,15H2,(H2,31,32,38)/b16-12-,29-23?. The van der Waals surface area contributed by atoms with Crippen LogP contribution in [-0.4, -0.2) is 96.9 Å². The molecule has 3 N–H and O–H groups in total. The second kappa shape index (κ2) is 10.3. The second-order valence-electron chi connectivity index (χ2n) is 10.6. The number of hydrogen-bond acceptors (Lipinski definition) is 9. The van der Waals surface area contributed by atoms with E-state index in [1.807, 2.05) is 23.1 Å². The van der Waals surface area contributed by atoms with E-state index < -0.39 is 5.69 Å². The first kappa shape index (κ1) is 25.2. The number of amides is 1. The van der Waals surface area contributed by atoms with Crippen LogP contribution in [-0.2, 0) is 4.74 Å². The maximum absolute atomic E-state index is 13.4. The molecule has 3 aliphatic rings. The van der Waals surface area contributed by atoms with Crippen LogP contribution in [0.15, 0.2) is 34.2 Å². The number of carbonyl (C=O) groups excluding carboxylic acids is 1. The molecule has 0 spiro atoms. The molecule has 208 valence electrons. The Kier molecular flexibility index (Phi) is 6.48. The van der Waals surface area contributed by atoms with Gasteiger partial charge in [0.15, 0.2) is 11.1 Å². The fourth-order valence-electron chi connectivity index (χ4n) is 5.28. The van der Waals surface area contributed by atoms with Gasteiger partial charge in [-0.05, 0) is 43.9 Å². The van der Waals surface area contributed by atoms with Gasteiger partial charge in [0.25, 0.3) is 5.91 Å². The normalized spacial score (nSPS) is 21.2. The predicted molar refractivity (Wildman–Crippen MR) is 148 cm³/mol. The summed E-state index contributed by atoms with van der Waals surface area (Å²) in [6.07, 6.45) is 7.92. The van der Waals surface area contributed by atoms with Crippen LogP contribution in [0.5, 0.6) is 5.88 Å². The molecule has 40 heavy (non-hydrogen) atoms. The molecule has 1 unspecified atom stereocenters. The monoisotopic (exact) mass is 562 g/mol. The van der Waals surface area contributed by atoms with E-state index in [0.717, 1.165) is 56.8 Å². The van der Waals surface area contributed by atoms with Crippen molar-refractivity contribution in [1.82, 2.24) is 34.4 Å². The molecule has 1 atom stereocenters. The predicted octanol–water partition coefficient (Wildman–Crippen LogP) is 0.727. The van der Waals surface area contributed by atoms with Crippen LogP contribution in [0.1, 0.15) is 41.0 Å². The Morgan fingerprint density at radius 1 is 1.20 bits per heavy atom. The SMILES string of the molecule is O=C(c1ccc(-c2cc(=NC3CC3)n3nc/c(=C/c4[nH]c(=O)[nH]c4O)c3n2)s1)N1CCN(CC2CCCO2)CC1. The second-order valence-corrected chi connectivity index (χ2v) is 11.7. The smallest absolute Gasteiger partial charge is 0.326 e. The molecular weight excluding hydrogens is 532 g/mol. The van der Waals surface area contributed by atoms with E-state index >= 15 is 0 Å². The summed E-state index contributed by atoms with van der Waals surface area (Å²) in [4.78, 5) is 45.4. The number of imidazole rings is 1. The highest BCUT2D eigenvalue weighted by atomic mass is 32.1. The number of piperazine rings is 1. The van der Waals surface area contributed by atoms with Gasteiger partial charge in [0.1, 0.15) is 5.69 Å². The van der Waals surface area contributed by atoms with E-state index in [9.17, 15) is 14.7 Å². The lowest BCUT2D eigenvalue weighted by Gasteiger charge is -2.35. The third-order valence-corrected chi connectivity index (χ3v) is 8.69. The minimum absolute atomic E-state index is 0.0437. The Balaban J connectivity index is 1.16. The summed E-state index contributed by atoms with van der Waals surface area (Å²) in [7, 11) is 0. The van der Waals surface area contributed by atoms with E-state index in [0.29, 0.717) is 46.1 Å². The van der Waals surface area contributed by atoms with Crippen LogP contribution in [0.25, 0.3) is 22.3 Å². The number of ether oxygens (including phenoxy) is 1. The third-order valence-electron chi connectivity index (χ3n) is 7.59. The van der Waals surface area contributed by atoms with Crippen molar-refractivity contribution < 1.29 is 14.6 Å². The summed E-state index contributed by atoms with van der Waals surface area (Å²) < 4.78 is 7.45. The van der Waals surface area contributed by atoms with Gasteiger partial charge in [0.05, 0.1) is 33.8 Å². The van der Waals surface area contributed by atoms with Crippen molar-refractivity contribution in [2.24, 2.45) is 4.99 Å². The van der Waals surface area contributed by atoms with Crippen LogP contribution in [0, 0.1) is 0 Å². The number of thiophene rings is 1. The minimum Gasteiger partial charge on any atom is -0.493 e.